The maximum atomic E-state index is 5.04. The lowest BCUT2D eigenvalue weighted by atomic mass is 9.97. The van der Waals surface area contributed by atoms with Gasteiger partial charge in [-0.15, -0.1) is 0 Å². The smallest absolute Gasteiger partial charge is 0.205 e. The van der Waals surface area contributed by atoms with Crippen LogP contribution in [0, 0.1) is 5.92 Å². The van der Waals surface area contributed by atoms with Crippen molar-refractivity contribution in [3.05, 3.63) is 5.82 Å². The van der Waals surface area contributed by atoms with Gasteiger partial charge in [-0.3, -0.25) is 0 Å². The van der Waals surface area contributed by atoms with Crippen molar-refractivity contribution in [2.45, 2.75) is 32.6 Å². The summed E-state index contributed by atoms with van der Waals surface area (Å²) in [5.41, 5.74) is 0. The molecule has 114 valence electrons. The van der Waals surface area contributed by atoms with E-state index in [4.69, 9.17) is 4.74 Å². The Morgan fingerprint density at radius 3 is 2.75 bits per heavy atom. The standard InChI is InChI=1S/C14H26N4OS/c1-11(2)13-16-14(20-17-13)18-7-4-12(5-8-18)10-15-6-9-19-3/h11-12,15H,4-10H2,1-3H3. The second kappa shape index (κ2) is 7.90. The summed E-state index contributed by atoms with van der Waals surface area (Å²) in [4.78, 5) is 7.03. The van der Waals surface area contributed by atoms with E-state index in [2.05, 4.69) is 33.4 Å². The molecule has 20 heavy (non-hydrogen) atoms. The van der Waals surface area contributed by atoms with Gasteiger partial charge in [0.25, 0.3) is 0 Å². The highest BCUT2D eigenvalue weighted by Gasteiger charge is 2.21. The van der Waals surface area contributed by atoms with Crippen molar-refractivity contribution in [1.82, 2.24) is 14.7 Å². The number of piperidine rings is 1. The van der Waals surface area contributed by atoms with E-state index >= 15 is 0 Å². The van der Waals surface area contributed by atoms with Gasteiger partial charge in [-0.05, 0) is 25.3 Å². The van der Waals surface area contributed by atoms with Crippen molar-refractivity contribution in [3.63, 3.8) is 0 Å². The van der Waals surface area contributed by atoms with E-state index in [9.17, 15) is 0 Å². The molecule has 1 aromatic rings. The van der Waals surface area contributed by atoms with Crippen LogP contribution in [-0.2, 0) is 4.74 Å². The Kier molecular flexibility index (Phi) is 6.19. The lowest BCUT2D eigenvalue weighted by Crippen LogP contribution is -2.37. The molecule has 2 heterocycles. The fourth-order valence-electron chi connectivity index (χ4n) is 2.40. The summed E-state index contributed by atoms with van der Waals surface area (Å²) in [5, 5.41) is 4.56. The number of hydrogen-bond acceptors (Lipinski definition) is 6. The topological polar surface area (TPSA) is 50.3 Å². The normalized spacial score (nSPS) is 17.1. The molecule has 0 aliphatic carbocycles. The number of rotatable bonds is 7. The molecule has 6 heteroatoms. The van der Waals surface area contributed by atoms with Crippen LogP contribution in [0.4, 0.5) is 5.13 Å². The van der Waals surface area contributed by atoms with Crippen molar-refractivity contribution < 1.29 is 4.74 Å². The summed E-state index contributed by atoms with van der Waals surface area (Å²) in [6, 6.07) is 0. The first-order chi connectivity index (χ1) is 9.70. The third kappa shape index (κ3) is 4.40. The van der Waals surface area contributed by atoms with Crippen LogP contribution in [-0.4, -0.2) is 49.3 Å². The Bertz CT molecular complexity index is 388. The molecule has 0 radical (unpaired) electrons. The molecule has 1 N–H and O–H groups in total. The van der Waals surface area contributed by atoms with Gasteiger partial charge in [0.15, 0.2) is 0 Å². The molecule has 1 aromatic heterocycles. The first-order valence-corrected chi connectivity index (χ1v) is 8.26. The second-order valence-corrected chi connectivity index (χ2v) is 6.45. The fraction of sp³-hybridized carbons (Fsp3) is 0.857. The number of ether oxygens (including phenoxy) is 1. The lowest BCUT2D eigenvalue weighted by molar-refractivity contribution is 0.197. The van der Waals surface area contributed by atoms with Crippen LogP contribution in [0.3, 0.4) is 0 Å². The first kappa shape index (κ1) is 15.7. The summed E-state index contributed by atoms with van der Waals surface area (Å²) in [5.74, 6) is 2.18. The van der Waals surface area contributed by atoms with E-state index in [0.717, 1.165) is 49.7 Å². The van der Waals surface area contributed by atoms with E-state index in [1.54, 1.807) is 18.6 Å². The van der Waals surface area contributed by atoms with Gasteiger partial charge in [0, 0.05) is 44.2 Å². The Labute approximate surface area is 125 Å². The molecule has 0 bridgehead atoms. The molecule has 0 amide bonds. The van der Waals surface area contributed by atoms with Gasteiger partial charge in [-0.25, -0.2) is 4.98 Å². The summed E-state index contributed by atoms with van der Waals surface area (Å²) in [6.07, 6.45) is 2.47. The summed E-state index contributed by atoms with van der Waals surface area (Å²) >= 11 is 1.54. The van der Waals surface area contributed by atoms with Crippen LogP contribution in [0.25, 0.3) is 0 Å². The van der Waals surface area contributed by atoms with Gasteiger partial charge in [0.05, 0.1) is 6.61 Å². The van der Waals surface area contributed by atoms with Crippen LogP contribution < -0.4 is 10.2 Å². The monoisotopic (exact) mass is 298 g/mol. The van der Waals surface area contributed by atoms with E-state index in [1.165, 1.54) is 12.8 Å². The Balaban J connectivity index is 1.73. The molecule has 1 fully saturated rings. The molecule has 1 saturated heterocycles. The third-order valence-corrected chi connectivity index (χ3v) is 4.54. The quantitative estimate of drug-likeness (QED) is 0.781. The van der Waals surface area contributed by atoms with Gasteiger partial charge < -0.3 is 15.0 Å². The first-order valence-electron chi connectivity index (χ1n) is 7.49. The average Bonchev–Trinajstić information content (AvgIpc) is 2.94. The SMILES string of the molecule is COCCNCC1CCN(c2nc(C(C)C)ns2)CC1. The number of nitrogens with one attached hydrogen (secondary N) is 1. The number of methoxy groups -OCH3 is 1. The van der Waals surface area contributed by atoms with Gasteiger partial charge >= 0.3 is 0 Å². The molecule has 1 aliphatic heterocycles. The minimum atomic E-state index is 0.419. The van der Waals surface area contributed by atoms with E-state index in [1.807, 2.05) is 0 Å². The highest BCUT2D eigenvalue weighted by atomic mass is 32.1. The van der Waals surface area contributed by atoms with E-state index < -0.39 is 0 Å². The zero-order valence-corrected chi connectivity index (χ0v) is 13.6. The molecule has 0 saturated carbocycles. The Morgan fingerprint density at radius 2 is 2.15 bits per heavy atom. The van der Waals surface area contributed by atoms with E-state index in [-0.39, 0.29) is 0 Å². The molecule has 0 spiro atoms. The number of hydrogen-bond donors (Lipinski definition) is 1. The van der Waals surface area contributed by atoms with E-state index in [0.29, 0.717) is 5.92 Å². The second-order valence-electron chi connectivity index (χ2n) is 5.72. The van der Waals surface area contributed by atoms with Gasteiger partial charge in [0.1, 0.15) is 5.82 Å². The highest BCUT2D eigenvalue weighted by Crippen LogP contribution is 2.26. The number of nitrogens with zero attached hydrogens (tertiary/aromatic N) is 3. The van der Waals surface area contributed by atoms with Gasteiger partial charge in [-0.1, -0.05) is 13.8 Å². The van der Waals surface area contributed by atoms with Crippen molar-refractivity contribution in [2.24, 2.45) is 5.92 Å². The van der Waals surface area contributed by atoms with Crippen molar-refractivity contribution in [3.8, 4) is 0 Å². The molecule has 0 unspecified atom stereocenters. The summed E-state index contributed by atoms with van der Waals surface area (Å²) < 4.78 is 9.49. The molecule has 2 rings (SSSR count). The molecule has 1 aliphatic rings. The lowest BCUT2D eigenvalue weighted by Gasteiger charge is -2.31. The third-order valence-electron chi connectivity index (χ3n) is 3.75. The largest absolute Gasteiger partial charge is 0.383 e. The summed E-state index contributed by atoms with van der Waals surface area (Å²) in [7, 11) is 1.74. The predicted octanol–water partition coefficient (Wildman–Crippen LogP) is 2.11. The average molecular weight is 298 g/mol. The van der Waals surface area contributed by atoms with Crippen LogP contribution in [0.15, 0.2) is 0 Å². The molecular weight excluding hydrogens is 272 g/mol. The van der Waals surface area contributed by atoms with Gasteiger partial charge in [0.2, 0.25) is 5.13 Å². The maximum Gasteiger partial charge on any atom is 0.205 e. The fourth-order valence-corrected chi connectivity index (χ4v) is 3.26. The van der Waals surface area contributed by atoms with Crippen LogP contribution in [0.5, 0.6) is 0 Å². The Hall–Kier alpha value is -0.720. The van der Waals surface area contributed by atoms with Crippen LogP contribution >= 0.6 is 11.5 Å². The van der Waals surface area contributed by atoms with Crippen molar-refractivity contribution in [2.75, 3.05) is 44.8 Å². The zero-order valence-electron chi connectivity index (χ0n) is 12.8. The minimum absolute atomic E-state index is 0.419. The van der Waals surface area contributed by atoms with Crippen LogP contribution in [0.2, 0.25) is 0 Å². The molecule has 0 aromatic carbocycles. The minimum Gasteiger partial charge on any atom is -0.383 e. The zero-order chi connectivity index (χ0) is 14.4. The Morgan fingerprint density at radius 1 is 1.40 bits per heavy atom. The van der Waals surface area contributed by atoms with Crippen molar-refractivity contribution in [1.29, 1.82) is 0 Å². The highest BCUT2D eigenvalue weighted by molar-refractivity contribution is 7.09. The predicted molar refractivity (Wildman–Crippen MR) is 83.7 cm³/mol. The van der Waals surface area contributed by atoms with Crippen LogP contribution in [0.1, 0.15) is 38.4 Å². The molecule has 0 atom stereocenters. The van der Waals surface area contributed by atoms with Crippen molar-refractivity contribution >= 4 is 16.7 Å². The number of anilines is 1. The van der Waals surface area contributed by atoms with Gasteiger partial charge in [-0.2, -0.15) is 4.37 Å². The summed E-state index contributed by atoms with van der Waals surface area (Å²) in [6.45, 7) is 9.33. The molecular formula is C14H26N4OS. The maximum absolute atomic E-state index is 5.04. The number of aromatic nitrogens is 2. The molecule has 5 nitrogen and oxygen atoms in total.